The van der Waals surface area contributed by atoms with Crippen molar-refractivity contribution in [1.29, 1.82) is 0 Å². The van der Waals surface area contributed by atoms with E-state index in [1.807, 2.05) is 25.4 Å². The highest BCUT2D eigenvalue weighted by Gasteiger charge is 2.19. The first-order valence-electron chi connectivity index (χ1n) is 7.10. The number of H-pyrrole nitrogens is 1. The molecule has 6 nitrogen and oxygen atoms in total. The Balaban J connectivity index is 1.88. The number of aromatic nitrogens is 3. The van der Waals surface area contributed by atoms with Crippen molar-refractivity contribution in [2.45, 2.75) is 25.8 Å². The molecule has 2 heterocycles. The van der Waals surface area contributed by atoms with Crippen LogP contribution in [-0.2, 0) is 6.42 Å². The number of nitrogens with zero attached hydrogens (tertiary/aromatic N) is 3. The van der Waals surface area contributed by atoms with Crippen LogP contribution in [0.1, 0.15) is 30.6 Å². The molecule has 0 aliphatic rings. The Morgan fingerprint density at radius 3 is 2.90 bits per heavy atom. The minimum Gasteiger partial charge on any atom is -0.348 e. The zero-order chi connectivity index (χ0) is 15.1. The topological polar surface area (TPSA) is 73.9 Å². The average Bonchev–Trinajstić information content (AvgIpc) is 3.02. The summed E-state index contributed by atoms with van der Waals surface area (Å²) in [5.41, 5.74) is 2.06. The number of urea groups is 1. The molecule has 0 saturated heterocycles. The standard InChI is InChI=1S/C15H21N5O/c1-3-14(12-5-4-7-16-9-12)20(2)15(21)18-8-6-13-10-17-11-19-13/h4-5,7,9-11,14H,3,6,8H2,1-2H3,(H,17,19)(H,18,21)/t14-/m0/s1. The number of carbonyl (C=O) groups is 1. The molecule has 0 bridgehead atoms. The van der Waals surface area contributed by atoms with Crippen LogP contribution in [0.15, 0.2) is 37.1 Å². The number of rotatable bonds is 6. The Hall–Kier alpha value is -2.37. The van der Waals surface area contributed by atoms with Crippen LogP contribution < -0.4 is 5.32 Å². The lowest BCUT2D eigenvalue weighted by Gasteiger charge is -2.27. The maximum atomic E-state index is 12.2. The number of aromatic amines is 1. The van der Waals surface area contributed by atoms with Gasteiger partial charge in [-0.05, 0) is 18.1 Å². The maximum Gasteiger partial charge on any atom is 0.317 e. The van der Waals surface area contributed by atoms with Gasteiger partial charge in [-0.15, -0.1) is 0 Å². The molecule has 0 aromatic carbocycles. The lowest BCUT2D eigenvalue weighted by atomic mass is 10.1. The first-order valence-corrected chi connectivity index (χ1v) is 7.10. The second-order valence-electron chi connectivity index (χ2n) is 4.88. The van der Waals surface area contributed by atoms with Crippen LogP contribution in [-0.4, -0.2) is 39.5 Å². The van der Waals surface area contributed by atoms with Gasteiger partial charge in [0.2, 0.25) is 0 Å². The molecule has 0 aliphatic carbocycles. The van der Waals surface area contributed by atoms with Gasteiger partial charge in [0.25, 0.3) is 0 Å². The van der Waals surface area contributed by atoms with E-state index < -0.39 is 0 Å². The van der Waals surface area contributed by atoms with Gasteiger partial charge in [-0.25, -0.2) is 9.78 Å². The Morgan fingerprint density at radius 1 is 1.43 bits per heavy atom. The molecule has 2 rings (SSSR count). The van der Waals surface area contributed by atoms with Crippen LogP contribution in [0.3, 0.4) is 0 Å². The zero-order valence-electron chi connectivity index (χ0n) is 12.4. The summed E-state index contributed by atoms with van der Waals surface area (Å²) in [4.78, 5) is 25.0. The Kier molecular flexibility index (Phi) is 5.31. The van der Waals surface area contributed by atoms with Gasteiger partial charge in [-0.3, -0.25) is 4.98 Å². The minimum absolute atomic E-state index is 0.0332. The molecule has 2 aromatic heterocycles. The molecule has 0 aliphatic heterocycles. The Bertz CT molecular complexity index is 540. The summed E-state index contributed by atoms with van der Waals surface area (Å²) in [5.74, 6) is 0. The van der Waals surface area contributed by atoms with Crippen LogP contribution in [0.25, 0.3) is 0 Å². The summed E-state index contributed by atoms with van der Waals surface area (Å²) in [6, 6.07) is 3.84. The Morgan fingerprint density at radius 2 is 2.29 bits per heavy atom. The first kappa shape index (κ1) is 15.0. The van der Waals surface area contributed by atoms with Crippen LogP contribution >= 0.6 is 0 Å². The van der Waals surface area contributed by atoms with Crippen molar-refractivity contribution in [1.82, 2.24) is 25.2 Å². The smallest absolute Gasteiger partial charge is 0.317 e. The summed E-state index contributed by atoms with van der Waals surface area (Å²) >= 11 is 0. The predicted molar refractivity (Wildman–Crippen MR) is 80.7 cm³/mol. The Labute approximate surface area is 124 Å². The quantitative estimate of drug-likeness (QED) is 0.855. The molecular formula is C15H21N5O. The van der Waals surface area contributed by atoms with E-state index in [0.717, 1.165) is 24.1 Å². The maximum absolute atomic E-state index is 12.2. The molecule has 2 N–H and O–H groups in total. The van der Waals surface area contributed by atoms with Crippen molar-refractivity contribution in [3.05, 3.63) is 48.3 Å². The lowest BCUT2D eigenvalue weighted by Crippen LogP contribution is -2.40. The average molecular weight is 287 g/mol. The molecule has 0 spiro atoms. The van der Waals surface area contributed by atoms with Crippen molar-refractivity contribution in [3.63, 3.8) is 0 Å². The third kappa shape index (κ3) is 4.05. The van der Waals surface area contributed by atoms with Crippen molar-refractivity contribution in [3.8, 4) is 0 Å². The number of nitrogens with one attached hydrogen (secondary N) is 2. The van der Waals surface area contributed by atoms with Gasteiger partial charge in [0.05, 0.1) is 12.4 Å². The molecule has 0 fully saturated rings. The third-order valence-electron chi connectivity index (χ3n) is 3.47. The molecule has 1 atom stereocenters. The number of hydrogen-bond acceptors (Lipinski definition) is 3. The van der Waals surface area contributed by atoms with Crippen LogP contribution in [0.4, 0.5) is 4.79 Å². The summed E-state index contributed by atoms with van der Waals surface area (Å²) in [7, 11) is 1.81. The van der Waals surface area contributed by atoms with E-state index in [-0.39, 0.29) is 12.1 Å². The number of amides is 2. The molecule has 2 aromatic rings. The lowest BCUT2D eigenvalue weighted by molar-refractivity contribution is 0.189. The van der Waals surface area contributed by atoms with E-state index in [1.165, 1.54) is 0 Å². The predicted octanol–water partition coefficient (Wildman–Crippen LogP) is 2.14. The van der Waals surface area contributed by atoms with E-state index in [0.29, 0.717) is 6.54 Å². The fourth-order valence-electron chi connectivity index (χ4n) is 2.30. The fraction of sp³-hybridized carbons (Fsp3) is 0.400. The van der Waals surface area contributed by atoms with Gasteiger partial charge in [0.1, 0.15) is 0 Å². The first-order chi connectivity index (χ1) is 10.2. The zero-order valence-corrected chi connectivity index (χ0v) is 12.4. The van der Waals surface area contributed by atoms with Gasteiger partial charge in [-0.1, -0.05) is 13.0 Å². The molecule has 0 saturated carbocycles. The van der Waals surface area contributed by atoms with E-state index >= 15 is 0 Å². The summed E-state index contributed by atoms with van der Waals surface area (Å²) in [6.07, 6.45) is 8.53. The monoisotopic (exact) mass is 287 g/mol. The largest absolute Gasteiger partial charge is 0.348 e. The summed E-state index contributed by atoms with van der Waals surface area (Å²) < 4.78 is 0. The van der Waals surface area contributed by atoms with Gasteiger partial charge in [0.15, 0.2) is 0 Å². The SMILES string of the molecule is CC[C@@H](c1cccnc1)N(C)C(=O)NCCc1cnc[nH]1. The molecule has 2 amide bonds. The second-order valence-corrected chi connectivity index (χ2v) is 4.88. The number of pyridine rings is 1. The molecular weight excluding hydrogens is 266 g/mol. The van der Waals surface area contributed by atoms with Crippen LogP contribution in [0.5, 0.6) is 0 Å². The van der Waals surface area contributed by atoms with Crippen molar-refractivity contribution in [2.24, 2.45) is 0 Å². The van der Waals surface area contributed by atoms with Crippen LogP contribution in [0.2, 0.25) is 0 Å². The van der Waals surface area contributed by atoms with Gasteiger partial charge in [-0.2, -0.15) is 0 Å². The summed E-state index contributed by atoms with van der Waals surface area (Å²) in [5, 5.41) is 2.92. The molecule has 6 heteroatoms. The van der Waals surface area contributed by atoms with Crippen molar-refractivity contribution < 1.29 is 4.79 Å². The molecule has 21 heavy (non-hydrogen) atoms. The van der Waals surface area contributed by atoms with E-state index in [9.17, 15) is 4.79 Å². The number of imidazole rings is 1. The van der Waals surface area contributed by atoms with Gasteiger partial charge in [0, 0.05) is 44.3 Å². The molecule has 112 valence electrons. The summed E-state index contributed by atoms with van der Waals surface area (Å²) in [6.45, 7) is 2.64. The highest BCUT2D eigenvalue weighted by molar-refractivity contribution is 5.74. The molecule has 0 radical (unpaired) electrons. The van der Waals surface area contributed by atoms with Crippen molar-refractivity contribution in [2.75, 3.05) is 13.6 Å². The highest BCUT2D eigenvalue weighted by atomic mass is 16.2. The van der Waals surface area contributed by atoms with E-state index in [2.05, 4.69) is 27.2 Å². The van der Waals surface area contributed by atoms with Gasteiger partial charge < -0.3 is 15.2 Å². The molecule has 0 unspecified atom stereocenters. The van der Waals surface area contributed by atoms with Crippen molar-refractivity contribution >= 4 is 6.03 Å². The third-order valence-corrected chi connectivity index (χ3v) is 3.47. The second kappa shape index (κ2) is 7.42. The number of carbonyl (C=O) groups excluding carboxylic acids is 1. The van der Waals surface area contributed by atoms with E-state index in [4.69, 9.17) is 0 Å². The highest BCUT2D eigenvalue weighted by Crippen LogP contribution is 2.21. The van der Waals surface area contributed by atoms with Crippen LogP contribution in [0, 0.1) is 0 Å². The van der Waals surface area contributed by atoms with E-state index in [1.54, 1.807) is 23.6 Å². The fourth-order valence-corrected chi connectivity index (χ4v) is 2.30. The number of hydrogen-bond donors (Lipinski definition) is 2. The minimum atomic E-state index is -0.0785. The normalized spacial score (nSPS) is 11.9. The van der Waals surface area contributed by atoms with Gasteiger partial charge >= 0.3 is 6.03 Å².